The molecule has 13 heteroatoms. The monoisotopic (exact) mass is 475 g/mol. The van der Waals surface area contributed by atoms with Gasteiger partial charge in [0, 0.05) is 24.6 Å². The molecule has 0 fully saturated rings. The summed E-state index contributed by atoms with van der Waals surface area (Å²) in [4.78, 5) is 36.7. The van der Waals surface area contributed by atoms with Gasteiger partial charge in [0.25, 0.3) is 17.4 Å². The van der Waals surface area contributed by atoms with Crippen LogP contribution in [0.5, 0.6) is 5.75 Å². The Morgan fingerprint density at radius 3 is 2.42 bits per heavy atom. The van der Waals surface area contributed by atoms with E-state index < -0.39 is 27.4 Å². The zero-order valence-corrected chi connectivity index (χ0v) is 18.5. The third kappa shape index (κ3) is 5.34. The predicted octanol–water partition coefficient (Wildman–Crippen LogP) is -0.0688. The van der Waals surface area contributed by atoms with Crippen molar-refractivity contribution in [2.45, 2.75) is 4.90 Å². The number of carbonyl (C=O) groups excluding carboxylic acids is 2. The number of hydrazine groups is 1. The smallest absolute Gasteiger partial charge is 0.290 e. The molecule has 0 radical (unpaired) electrons. The third-order valence-electron chi connectivity index (χ3n) is 4.51. The standard InChI is InChI=1S/C20H21N5O7S/c1-31-10-9-21-33(29,30)16-11-12(7-8-15(16)32-2)18(26)23-25-20(28)17-13-5-3-4-6-14(13)19(27)24-22-17/h3-8,11,21H,9-10H2,1-2H3,(H,23,26)(H,24,27)(H,25,28). The summed E-state index contributed by atoms with van der Waals surface area (Å²) < 4.78 is 37.4. The highest BCUT2D eigenvalue weighted by Crippen LogP contribution is 2.24. The molecule has 12 nitrogen and oxygen atoms in total. The number of rotatable bonds is 8. The van der Waals surface area contributed by atoms with E-state index in [0.29, 0.717) is 5.39 Å². The summed E-state index contributed by atoms with van der Waals surface area (Å²) in [5.74, 6) is -1.53. The number of amides is 2. The number of methoxy groups -OCH3 is 2. The SMILES string of the molecule is COCCNS(=O)(=O)c1cc(C(=O)NNC(=O)c2n[nH]c(=O)c3ccccc23)ccc1OC. The number of nitrogens with one attached hydrogen (secondary N) is 4. The highest BCUT2D eigenvalue weighted by atomic mass is 32.2. The van der Waals surface area contributed by atoms with Crippen LogP contribution in [0.15, 0.2) is 52.2 Å². The Labute approximate surface area is 188 Å². The second kappa shape index (κ2) is 10.2. The van der Waals surface area contributed by atoms with Gasteiger partial charge in [0.2, 0.25) is 10.0 Å². The molecule has 0 saturated heterocycles. The summed E-state index contributed by atoms with van der Waals surface area (Å²) in [6, 6.07) is 10.1. The second-order valence-electron chi connectivity index (χ2n) is 6.61. The lowest BCUT2D eigenvalue weighted by Crippen LogP contribution is -2.42. The van der Waals surface area contributed by atoms with E-state index in [1.165, 1.54) is 32.4 Å². The first-order chi connectivity index (χ1) is 15.8. The van der Waals surface area contributed by atoms with E-state index in [9.17, 15) is 22.8 Å². The van der Waals surface area contributed by atoms with Crippen LogP contribution in [0.25, 0.3) is 10.8 Å². The number of H-pyrrole nitrogens is 1. The summed E-state index contributed by atoms with van der Waals surface area (Å²) >= 11 is 0. The molecule has 1 heterocycles. The van der Waals surface area contributed by atoms with Crippen molar-refractivity contribution in [3.63, 3.8) is 0 Å². The molecule has 4 N–H and O–H groups in total. The average Bonchev–Trinajstić information content (AvgIpc) is 2.82. The fraction of sp³-hybridized carbons (Fsp3) is 0.200. The van der Waals surface area contributed by atoms with Crippen LogP contribution in [0.4, 0.5) is 0 Å². The van der Waals surface area contributed by atoms with Crippen LogP contribution in [0, 0.1) is 0 Å². The number of hydrogen-bond acceptors (Lipinski definition) is 8. The lowest BCUT2D eigenvalue weighted by atomic mass is 10.1. The fourth-order valence-corrected chi connectivity index (χ4v) is 4.12. The van der Waals surface area contributed by atoms with Gasteiger partial charge in [0.15, 0.2) is 5.69 Å². The first-order valence-corrected chi connectivity index (χ1v) is 11.0. The molecule has 2 amide bonds. The molecular weight excluding hydrogens is 454 g/mol. The van der Waals surface area contributed by atoms with Crippen molar-refractivity contribution in [1.29, 1.82) is 0 Å². The van der Waals surface area contributed by atoms with E-state index in [1.807, 2.05) is 0 Å². The number of sulfonamides is 1. The first-order valence-electron chi connectivity index (χ1n) is 9.53. The molecule has 0 aliphatic rings. The zero-order chi connectivity index (χ0) is 24.0. The van der Waals surface area contributed by atoms with Gasteiger partial charge in [-0.25, -0.2) is 18.2 Å². The molecule has 1 aromatic heterocycles. The van der Waals surface area contributed by atoms with E-state index in [4.69, 9.17) is 9.47 Å². The molecule has 0 saturated carbocycles. The average molecular weight is 475 g/mol. The number of fused-ring (bicyclic) bond motifs is 1. The molecule has 174 valence electrons. The Morgan fingerprint density at radius 1 is 1.03 bits per heavy atom. The van der Waals surface area contributed by atoms with E-state index in [2.05, 4.69) is 25.8 Å². The number of nitrogens with zero attached hydrogens (tertiary/aromatic N) is 1. The molecule has 3 aromatic rings. The van der Waals surface area contributed by atoms with Crippen LogP contribution in [-0.2, 0) is 14.8 Å². The third-order valence-corrected chi connectivity index (χ3v) is 6.00. The van der Waals surface area contributed by atoms with E-state index in [1.54, 1.807) is 18.2 Å². The number of hydrogen-bond donors (Lipinski definition) is 4. The Morgan fingerprint density at radius 2 is 1.73 bits per heavy atom. The summed E-state index contributed by atoms with van der Waals surface area (Å²) in [7, 11) is -1.27. The highest BCUT2D eigenvalue weighted by Gasteiger charge is 2.22. The van der Waals surface area contributed by atoms with E-state index in [-0.39, 0.29) is 40.4 Å². The van der Waals surface area contributed by atoms with Crippen LogP contribution < -0.4 is 25.9 Å². The highest BCUT2D eigenvalue weighted by molar-refractivity contribution is 7.89. The van der Waals surface area contributed by atoms with Crippen molar-refractivity contribution in [1.82, 2.24) is 25.8 Å². The maximum Gasteiger partial charge on any atom is 0.290 e. The number of aromatic amines is 1. The lowest BCUT2D eigenvalue weighted by Gasteiger charge is -2.13. The minimum absolute atomic E-state index is 0.0224. The van der Waals surface area contributed by atoms with Gasteiger partial charge in [-0.1, -0.05) is 18.2 Å². The van der Waals surface area contributed by atoms with Gasteiger partial charge < -0.3 is 9.47 Å². The van der Waals surface area contributed by atoms with Crippen molar-refractivity contribution >= 4 is 32.6 Å². The van der Waals surface area contributed by atoms with Crippen molar-refractivity contribution in [3.8, 4) is 5.75 Å². The summed E-state index contributed by atoms with van der Waals surface area (Å²) in [5.41, 5.74) is 3.78. The second-order valence-corrected chi connectivity index (χ2v) is 8.35. The van der Waals surface area contributed by atoms with Gasteiger partial charge in [-0.2, -0.15) is 5.10 Å². The normalized spacial score (nSPS) is 11.2. The van der Waals surface area contributed by atoms with Gasteiger partial charge >= 0.3 is 0 Å². The molecular formula is C20H21N5O7S. The molecule has 0 aliphatic heterocycles. The predicted molar refractivity (Wildman–Crippen MR) is 117 cm³/mol. The summed E-state index contributed by atoms with van der Waals surface area (Å²) in [5, 5.41) is 6.53. The van der Waals surface area contributed by atoms with Gasteiger partial charge in [-0.05, 0) is 24.3 Å². The minimum atomic E-state index is -4.00. The maximum atomic E-state index is 12.6. The van der Waals surface area contributed by atoms with Crippen LogP contribution in [-0.4, -0.2) is 57.8 Å². The van der Waals surface area contributed by atoms with Gasteiger partial charge in [-0.15, -0.1) is 0 Å². The molecule has 0 aliphatic carbocycles. The number of carbonyl (C=O) groups is 2. The lowest BCUT2D eigenvalue weighted by molar-refractivity contribution is 0.0844. The van der Waals surface area contributed by atoms with Crippen LogP contribution >= 0.6 is 0 Å². The van der Waals surface area contributed by atoms with Gasteiger partial charge in [0.1, 0.15) is 10.6 Å². The topological polar surface area (TPSA) is 169 Å². The number of benzene rings is 2. The molecule has 2 aromatic carbocycles. The van der Waals surface area contributed by atoms with Crippen molar-refractivity contribution in [3.05, 3.63) is 64.1 Å². The van der Waals surface area contributed by atoms with Crippen LogP contribution in [0.2, 0.25) is 0 Å². The largest absolute Gasteiger partial charge is 0.495 e. The van der Waals surface area contributed by atoms with Crippen molar-refractivity contribution in [2.24, 2.45) is 0 Å². The maximum absolute atomic E-state index is 12.6. The summed E-state index contributed by atoms with van der Waals surface area (Å²) in [6.07, 6.45) is 0. The molecule has 0 unspecified atom stereocenters. The van der Waals surface area contributed by atoms with Gasteiger partial charge in [-0.3, -0.25) is 25.2 Å². The molecule has 0 bridgehead atoms. The minimum Gasteiger partial charge on any atom is -0.495 e. The Hall–Kier alpha value is -3.81. The zero-order valence-electron chi connectivity index (χ0n) is 17.7. The molecule has 0 atom stereocenters. The molecule has 0 spiro atoms. The summed E-state index contributed by atoms with van der Waals surface area (Å²) in [6.45, 7) is 0.176. The Kier molecular flexibility index (Phi) is 7.37. The molecule has 3 rings (SSSR count). The fourth-order valence-electron chi connectivity index (χ4n) is 2.92. The van der Waals surface area contributed by atoms with Crippen LogP contribution in [0.3, 0.4) is 0 Å². The quantitative estimate of drug-likeness (QED) is 0.259. The van der Waals surface area contributed by atoms with E-state index in [0.717, 1.165) is 6.07 Å². The Bertz CT molecular complexity index is 1350. The Balaban J connectivity index is 1.79. The van der Waals surface area contributed by atoms with Crippen LogP contribution in [0.1, 0.15) is 20.8 Å². The van der Waals surface area contributed by atoms with Crippen molar-refractivity contribution in [2.75, 3.05) is 27.4 Å². The van der Waals surface area contributed by atoms with Crippen molar-refractivity contribution < 1.29 is 27.5 Å². The van der Waals surface area contributed by atoms with E-state index >= 15 is 0 Å². The molecule has 33 heavy (non-hydrogen) atoms. The number of aromatic nitrogens is 2. The first kappa shape index (κ1) is 23.8. The van der Waals surface area contributed by atoms with Gasteiger partial charge in [0.05, 0.1) is 19.1 Å². The number of ether oxygens (including phenoxy) is 2.